The molecule has 106 valence electrons. The number of carbonyl (C=O) groups excluding carboxylic acids is 2. The lowest BCUT2D eigenvalue weighted by Crippen LogP contribution is -2.50. The smallest absolute Gasteiger partial charge is 0.312 e. The van der Waals surface area contributed by atoms with Crippen LogP contribution in [0.1, 0.15) is 20.8 Å². The standard InChI is InChI=1S/C12H22O6/c1-7(10(15)17-4)12(3,11(16)18-5)9(6-13)8(2)14/h7-9,13-14H,6H2,1-5H3. The summed E-state index contributed by atoms with van der Waals surface area (Å²) in [5.41, 5.74) is -1.36. The van der Waals surface area contributed by atoms with Crippen LogP contribution in [-0.2, 0) is 19.1 Å². The van der Waals surface area contributed by atoms with Crippen molar-refractivity contribution in [1.29, 1.82) is 0 Å². The maximum absolute atomic E-state index is 11.9. The molecule has 0 amide bonds. The maximum Gasteiger partial charge on any atom is 0.312 e. The van der Waals surface area contributed by atoms with Gasteiger partial charge in [-0.25, -0.2) is 0 Å². The van der Waals surface area contributed by atoms with Crippen molar-refractivity contribution in [3.8, 4) is 0 Å². The van der Waals surface area contributed by atoms with Gasteiger partial charge >= 0.3 is 11.9 Å². The van der Waals surface area contributed by atoms with Gasteiger partial charge < -0.3 is 19.7 Å². The average Bonchev–Trinajstić information content (AvgIpc) is 2.35. The van der Waals surface area contributed by atoms with Crippen molar-refractivity contribution >= 4 is 11.9 Å². The van der Waals surface area contributed by atoms with E-state index >= 15 is 0 Å². The van der Waals surface area contributed by atoms with Gasteiger partial charge in [0.25, 0.3) is 0 Å². The zero-order valence-electron chi connectivity index (χ0n) is 11.5. The van der Waals surface area contributed by atoms with E-state index in [0.29, 0.717) is 0 Å². The summed E-state index contributed by atoms with van der Waals surface area (Å²) < 4.78 is 9.31. The third-order valence-electron chi connectivity index (χ3n) is 3.63. The van der Waals surface area contributed by atoms with Crippen molar-refractivity contribution < 1.29 is 29.3 Å². The number of rotatable bonds is 6. The van der Waals surface area contributed by atoms with E-state index in [1.54, 1.807) is 0 Å². The molecule has 6 heteroatoms. The second-order valence-corrected chi connectivity index (χ2v) is 4.55. The normalized spacial score (nSPS) is 19.3. The van der Waals surface area contributed by atoms with Crippen LogP contribution in [0.25, 0.3) is 0 Å². The predicted octanol–water partition coefficient (Wildman–Crippen LogP) is -0.0359. The molecule has 6 nitrogen and oxygen atoms in total. The molecule has 0 heterocycles. The van der Waals surface area contributed by atoms with Crippen LogP contribution in [0.15, 0.2) is 0 Å². The zero-order chi connectivity index (χ0) is 14.5. The maximum atomic E-state index is 11.9. The second kappa shape index (κ2) is 6.70. The first kappa shape index (κ1) is 16.9. The molecular weight excluding hydrogens is 240 g/mol. The summed E-state index contributed by atoms with van der Waals surface area (Å²) in [4.78, 5) is 23.6. The molecule has 0 radical (unpaired) electrons. The van der Waals surface area contributed by atoms with Crippen LogP contribution in [-0.4, -0.2) is 49.1 Å². The molecule has 18 heavy (non-hydrogen) atoms. The Bertz CT molecular complexity index is 301. The number of hydrogen-bond acceptors (Lipinski definition) is 6. The van der Waals surface area contributed by atoms with E-state index in [0.717, 1.165) is 0 Å². The number of hydrogen-bond donors (Lipinski definition) is 2. The lowest BCUT2D eigenvalue weighted by atomic mass is 9.66. The molecular formula is C12H22O6. The minimum Gasteiger partial charge on any atom is -0.469 e. The number of carbonyl (C=O) groups is 2. The third kappa shape index (κ3) is 3.00. The van der Waals surface area contributed by atoms with Crippen LogP contribution < -0.4 is 0 Å². The van der Waals surface area contributed by atoms with Crippen LogP contribution in [0.5, 0.6) is 0 Å². The molecule has 4 atom stereocenters. The van der Waals surface area contributed by atoms with E-state index < -0.39 is 41.9 Å². The highest BCUT2D eigenvalue weighted by Crippen LogP contribution is 2.39. The van der Waals surface area contributed by atoms with Gasteiger partial charge in [-0.05, 0) is 13.8 Å². The molecule has 0 aromatic rings. The van der Waals surface area contributed by atoms with Gasteiger partial charge in [0.05, 0.1) is 31.7 Å². The van der Waals surface area contributed by atoms with Gasteiger partial charge in [0.1, 0.15) is 0 Å². The van der Waals surface area contributed by atoms with Crippen molar-refractivity contribution in [2.24, 2.45) is 17.3 Å². The largest absolute Gasteiger partial charge is 0.469 e. The van der Waals surface area contributed by atoms with Crippen molar-refractivity contribution in [1.82, 2.24) is 0 Å². The Kier molecular flexibility index (Phi) is 6.28. The summed E-state index contributed by atoms with van der Waals surface area (Å²) >= 11 is 0. The number of aliphatic hydroxyl groups excluding tert-OH is 2. The molecule has 0 aromatic heterocycles. The first-order valence-electron chi connectivity index (χ1n) is 5.72. The van der Waals surface area contributed by atoms with Gasteiger partial charge in [0.15, 0.2) is 0 Å². The van der Waals surface area contributed by atoms with Crippen LogP contribution >= 0.6 is 0 Å². The summed E-state index contributed by atoms with van der Waals surface area (Å²) in [5, 5.41) is 19.0. The predicted molar refractivity (Wildman–Crippen MR) is 63.6 cm³/mol. The van der Waals surface area contributed by atoms with E-state index in [4.69, 9.17) is 4.74 Å². The Balaban J connectivity index is 5.55. The van der Waals surface area contributed by atoms with Gasteiger partial charge in [0.2, 0.25) is 0 Å². The third-order valence-corrected chi connectivity index (χ3v) is 3.63. The highest BCUT2D eigenvalue weighted by Gasteiger charge is 2.51. The lowest BCUT2D eigenvalue weighted by molar-refractivity contribution is -0.174. The second-order valence-electron chi connectivity index (χ2n) is 4.55. The van der Waals surface area contributed by atoms with Crippen LogP contribution in [0.4, 0.5) is 0 Å². The van der Waals surface area contributed by atoms with E-state index in [1.807, 2.05) is 0 Å². The Morgan fingerprint density at radius 1 is 1.22 bits per heavy atom. The van der Waals surface area contributed by atoms with Gasteiger partial charge in [-0.3, -0.25) is 9.59 Å². The van der Waals surface area contributed by atoms with Crippen molar-refractivity contribution in [3.05, 3.63) is 0 Å². The van der Waals surface area contributed by atoms with Crippen LogP contribution in [0.2, 0.25) is 0 Å². The molecule has 0 aromatic carbocycles. The monoisotopic (exact) mass is 262 g/mol. The Morgan fingerprint density at radius 3 is 2.00 bits per heavy atom. The van der Waals surface area contributed by atoms with Crippen molar-refractivity contribution in [2.75, 3.05) is 20.8 Å². The molecule has 0 aliphatic rings. The summed E-state index contributed by atoms with van der Waals surface area (Å²) in [7, 11) is 2.41. The molecule has 0 bridgehead atoms. The SMILES string of the molecule is COC(=O)C(C)C(C)(C(=O)OC)C(CO)C(C)O. The average molecular weight is 262 g/mol. The molecule has 0 aliphatic heterocycles. The van der Waals surface area contributed by atoms with Gasteiger partial charge in [-0.1, -0.05) is 6.92 Å². The fourth-order valence-electron chi connectivity index (χ4n) is 2.13. The Morgan fingerprint density at radius 2 is 1.72 bits per heavy atom. The van der Waals surface area contributed by atoms with Gasteiger partial charge in [-0.2, -0.15) is 0 Å². The highest BCUT2D eigenvalue weighted by molar-refractivity contribution is 5.85. The molecule has 0 saturated carbocycles. The quantitative estimate of drug-likeness (QED) is 0.653. The highest BCUT2D eigenvalue weighted by atomic mass is 16.5. The topological polar surface area (TPSA) is 93.1 Å². The van der Waals surface area contributed by atoms with E-state index in [2.05, 4.69) is 4.74 Å². The first-order chi connectivity index (χ1) is 8.27. The van der Waals surface area contributed by atoms with E-state index in [-0.39, 0.29) is 0 Å². The summed E-state index contributed by atoms with van der Waals surface area (Å²) in [6.07, 6.45) is -0.966. The molecule has 0 aliphatic carbocycles. The molecule has 4 unspecified atom stereocenters. The summed E-state index contributed by atoms with van der Waals surface area (Å²) in [6, 6.07) is 0. The number of esters is 2. The lowest BCUT2D eigenvalue weighted by Gasteiger charge is -2.38. The Labute approximate surface area is 107 Å². The molecule has 2 N–H and O–H groups in total. The number of methoxy groups -OCH3 is 2. The Hall–Kier alpha value is -1.14. The van der Waals surface area contributed by atoms with Crippen molar-refractivity contribution in [2.45, 2.75) is 26.9 Å². The van der Waals surface area contributed by atoms with Crippen molar-refractivity contribution in [3.63, 3.8) is 0 Å². The molecule has 0 saturated heterocycles. The zero-order valence-corrected chi connectivity index (χ0v) is 11.5. The summed E-state index contributed by atoms with van der Waals surface area (Å²) in [5.74, 6) is -2.93. The molecule has 0 fully saturated rings. The summed E-state index contributed by atoms with van der Waals surface area (Å²) in [6.45, 7) is 4.00. The molecule has 0 rings (SSSR count). The van der Waals surface area contributed by atoms with Crippen LogP contribution in [0.3, 0.4) is 0 Å². The van der Waals surface area contributed by atoms with Crippen LogP contribution in [0, 0.1) is 17.3 Å². The minimum absolute atomic E-state index is 0.440. The number of aliphatic hydroxyl groups is 2. The minimum atomic E-state index is -1.36. The van der Waals surface area contributed by atoms with Gasteiger partial charge in [0, 0.05) is 12.5 Å². The fraction of sp³-hybridized carbons (Fsp3) is 0.833. The first-order valence-corrected chi connectivity index (χ1v) is 5.72. The molecule has 0 spiro atoms. The van der Waals surface area contributed by atoms with Gasteiger partial charge in [-0.15, -0.1) is 0 Å². The van der Waals surface area contributed by atoms with E-state index in [1.165, 1.54) is 35.0 Å². The van der Waals surface area contributed by atoms with E-state index in [9.17, 15) is 19.8 Å². The fourth-order valence-corrected chi connectivity index (χ4v) is 2.13. The number of ether oxygens (including phenoxy) is 2.